The van der Waals surface area contributed by atoms with Crippen molar-refractivity contribution in [1.29, 1.82) is 0 Å². The number of alkyl halides is 3. The molecule has 1 saturated heterocycles. The van der Waals surface area contributed by atoms with E-state index in [2.05, 4.69) is 34.9 Å². The summed E-state index contributed by atoms with van der Waals surface area (Å²) in [5, 5.41) is 13.1. The highest BCUT2D eigenvalue weighted by Gasteiger charge is 2.65. The fourth-order valence-corrected chi connectivity index (χ4v) is 6.27. The molecule has 1 aliphatic carbocycles. The molecule has 3 heterocycles. The highest BCUT2D eigenvalue weighted by atomic mass is 32.2. The van der Waals surface area contributed by atoms with Crippen molar-refractivity contribution in [3.8, 4) is 11.5 Å². The predicted molar refractivity (Wildman–Crippen MR) is 166 cm³/mol. The van der Waals surface area contributed by atoms with Gasteiger partial charge in [0.1, 0.15) is 18.1 Å². The fraction of sp³-hybridized carbons (Fsp3) is 0.533. The van der Waals surface area contributed by atoms with E-state index in [0.717, 1.165) is 18.2 Å². The van der Waals surface area contributed by atoms with Crippen molar-refractivity contribution in [3.05, 3.63) is 47.8 Å². The molecular formula is C30H37F5N4O4SSi. The number of aliphatic hydroxyl groups is 1. The average Bonchev–Trinajstić information content (AvgIpc) is 3.68. The molecule has 246 valence electrons. The van der Waals surface area contributed by atoms with E-state index in [1.54, 1.807) is 6.26 Å². The lowest BCUT2D eigenvalue weighted by Gasteiger charge is -2.40. The normalized spacial score (nSPS) is 17.8. The molecule has 0 spiro atoms. The van der Waals surface area contributed by atoms with Crippen LogP contribution in [0.3, 0.4) is 0 Å². The fourth-order valence-electron chi connectivity index (χ4n) is 5.10. The number of rotatable bonds is 12. The van der Waals surface area contributed by atoms with Crippen molar-refractivity contribution in [2.45, 2.75) is 56.8 Å². The number of ether oxygens (including phenoxy) is 3. The second-order valence-corrected chi connectivity index (χ2v) is 19.3. The topological polar surface area (TPSA) is 90.1 Å². The number of hydrogen-bond donors (Lipinski definition) is 2. The maximum absolute atomic E-state index is 15.4. The van der Waals surface area contributed by atoms with E-state index in [9.17, 15) is 18.3 Å². The molecule has 8 nitrogen and oxygen atoms in total. The smallest absolute Gasteiger partial charge is 0.398 e. The second kappa shape index (κ2) is 12.8. The van der Waals surface area contributed by atoms with Crippen LogP contribution in [0.15, 0.2) is 35.6 Å². The number of aliphatic imine (C=N–C) groups is 1. The number of aromatic nitrogens is 2. The zero-order valence-electron chi connectivity index (χ0n) is 25.6. The molecule has 5 rings (SSSR count). The molecule has 3 aromatic rings. The zero-order valence-corrected chi connectivity index (χ0v) is 27.4. The zero-order chi connectivity index (χ0) is 32.6. The van der Waals surface area contributed by atoms with Crippen LogP contribution in [0.1, 0.15) is 18.4 Å². The monoisotopic (exact) mass is 672 g/mol. The summed E-state index contributed by atoms with van der Waals surface area (Å²) >= 11 is 1.22. The number of nitrogens with one attached hydrogen (secondary N) is 1. The van der Waals surface area contributed by atoms with E-state index in [1.807, 2.05) is 0 Å². The molecule has 1 aliphatic heterocycles. The molecule has 0 radical (unpaired) electrons. The second-order valence-electron chi connectivity index (χ2n) is 12.9. The molecule has 0 bridgehead atoms. The molecule has 0 amide bonds. The third kappa shape index (κ3) is 7.16. The Morgan fingerprint density at radius 2 is 1.89 bits per heavy atom. The van der Waals surface area contributed by atoms with Gasteiger partial charge in [-0.3, -0.25) is 0 Å². The minimum atomic E-state index is -4.54. The molecule has 45 heavy (non-hydrogen) atoms. The first kappa shape index (κ1) is 33.6. The summed E-state index contributed by atoms with van der Waals surface area (Å²) in [6.45, 7) is 8.05. The number of thioether (sulfide) groups is 1. The summed E-state index contributed by atoms with van der Waals surface area (Å²) in [5.74, 6) is -3.08. The molecule has 2 aliphatic rings. The van der Waals surface area contributed by atoms with Crippen molar-refractivity contribution < 1.29 is 41.3 Å². The first-order valence-corrected chi connectivity index (χ1v) is 19.5. The Morgan fingerprint density at radius 1 is 1.20 bits per heavy atom. The van der Waals surface area contributed by atoms with Crippen LogP contribution >= 0.6 is 11.8 Å². The SMILES string of the molecule is CSC(=Nc1cc(F)c(Oc2ccnc3c2c(C2(C(F)(F)F)CC2)cn3COCC[Si](C)(C)C)c(F)c1)NCC1(CO)COC1. The van der Waals surface area contributed by atoms with E-state index >= 15 is 8.78 Å². The van der Waals surface area contributed by atoms with Gasteiger partial charge in [0.2, 0.25) is 0 Å². The Morgan fingerprint density at radius 3 is 2.42 bits per heavy atom. The van der Waals surface area contributed by atoms with Crippen LogP contribution in [0, 0.1) is 17.0 Å². The number of aliphatic hydroxyl groups excluding tert-OH is 1. The number of hydrogen-bond acceptors (Lipinski definition) is 7. The third-order valence-electron chi connectivity index (χ3n) is 8.14. The Balaban J connectivity index is 1.45. The number of pyridine rings is 1. The van der Waals surface area contributed by atoms with Crippen LogP contribution in [0.4, 0.5) is 27.6 Å². The lowest BCUT2D eigenvalue weighted by Crippen LogP contribution is -2.52. The van der Waals surface area contributed by atoms with Gasteiger partial charge in [-0.25, -0.2) is 18.8 Å². The van der Waals surface area contributed by atoms with Crippen LogP contribution in [0.5, 0.6) is 11.5 Å². The summed E-state index contributed by atoms with van der Waals surface area (Å²) in [7, 11) is -1.40. The van der Waals surface area contributed by atoms with Crippen LogP contribution < -0.4 is 10.1 Å². The van der Waals surface area contributed by atoms with E-state index in [4.69, 9.17) is 14.2 Å². The Bertz CT molecular complexity index is 1540. The summed E-state index contributed by atoms with van der Waals surface area (Å²) < 4.78 is 91.9. The number of benzene rings is 1. The van der Waals surface area contributed by atoms with Gasteiger partial charge in [0, 0.05) is 45.8 Å². The van der Waals surface area contributed by atoms with Gasteiger partial charge in [-0.2, -0.15) is 13.2 Å². The van der Waals surface area contributed by atoms with Gasteiger partial charge >= 0.3 is 6.18 Å². The van der Waals surface area contributed by atoms with Crippen molar-refractivity contribution in [2.75, 3.05) is 39.2 Å². The standard InChI is InChI=1S/C30H37F5N4O4SSi/c1-44-27(37-14-28(15-40)16-42-17-28)38-19-11-21(31)25(22(32)12-19)43-23-5-8-36-26-24(23)20(29(6-7-29)30(33,34)35)13-39(26)18-41-9-10-45(2,3)4/h5,8,11-13,40H,6-7,9-10,14-18H2,1-4H3,(H,37,38). The Labute approximate surface area is 263 Å². The molecule has 1 saturated carbocycles. The molecule has 1 aromatic carbocycles. The Hall–Kier alpha value is -2.72. The molecule has 15 heteroatoms. The summed E-state index contributed by atoms with van der Waals surface area (Å²) in [5.41, 5.74) is -2.47. The highest BCUT2D eigenvalue weighted by molar-refractivity contribution is 8.13. The lowest BCUT2D eigenvalue weighted by atomic mass is 9.87. The van der Waals surface area contributed by atoms with Crippen LogP contribution in [-0.4, -0.2) is 73.3 Å². The van der Waals surface area contributed by atoms with Crippen LogP contribution in [0.25, 0.3) is 11.0 Å². The quantitative estimate of drug-likeness (QED) is 0.0707. The van der Waals surface area contributed by atoms with Gasteiger partial charge in [0.05, 0.1) is 41.7 Å². The first-order chi connectivity index (χ1) is 21.2. The summed E-state index contributed by atoms with van der Waals surface area (Å²) in [4.78, 5) is 8.60. The van der Waals surface area contributed by atoms with E-state index in [0.29, 0.717) is 31.5 Å². The van der Waals surface area contributed by atoms with Crippen molar-refractivity contribution in [3.63, 3.8) is 0 Å². The average molecular weight is 673 g/mol. The van der Waals surface area contributed by atoms with Crippen molar-refractivity contribution in [1.82, 2.24) is 14.9 Å². The van der Waals surface area contributed by atoms with Gasteiger partial charge in [0.25, 0.3) is 0 Å². The van der Waals surface area contributed by atoms with E-state index in [-0.39, 0.29) is 54.2 Å². The lowest BCUT2D eigenvalue weighted by molar-refractivity contribution is -0.160. The molecule has 0 atom stereocenters. The van der Waals surface area contributed by atoms with Crippen LogP contribution in [0.2, 0.25) is 25.7 Å². The number of amidine groups is 1. The van der Waals surface area contributed by atoms with Crippen molar-refractivity contribution in [2.24, 2.45) is 10.4 Å². The number of nitrogens with zero attached hydrogens (tertiary/aromatic N) is 3. The molecule has 2 fully saturated rings. The summed E-state index contributed by atoms with van der Waals surface area (Å²) in [6.07, 6.45) is -0.341. The van der Waals surface area contributed by atoms with Gasteiger partial charge in [0.15, 0.2) is 22.6 Å². The largest absolute Gasteiger partial charge is 0.450 e. The number of halogens is 5. The Kier molecular flexibility index (Phi) is 9.58. The minimum Gasteiger partial charge on any atom is -0.450 e. The maximum atomic E-state index is 15.4. The van der Waals surface area contributed by atoms with E-state index in [1.165, 1.54) is 34.8 Å². The third-order valence-corrected chi connectivity index (χ3v) is 10.5. The van der Waals surface area contributed by atoms with Gasteiger partial charge in [-0.15, -0.1) is 0 Å². The minimum absolute atomic E-state index is 0.0287. The predicted octanol–water partition coefficient (Wildman–Crippen LogP) is 6.96. The first-order valence-electron chi connectivity index (χ1n) is 14.6. The molecule has 2 aromatic heterocycles. The molecule has 2 N–H and O–H groups in total. The summed E-state index contributed by atoms with van der Waals surface area (Å²) in [6, 6.07) is 4.15. The van der Waals surface area contributed by atoms with Gasteiger partial charge in [-0.1, -0.05) is 31.4 Å². The molecule has 0 unspecified atom stereocenters. The van der Waals surface area contributed by atoms with Gasteiger partial charge < -0.3 is 29.2 Å². The maximum Gasteiger partial charge on any atom is 0.398 e. The highest BCUT2D eigenvalue weighted by Crippen LogP contribution is 2.61. The molecular weight excluding hydrogens is 635 g/mol. The van der Waals surface area contributed by atoms with E-state index < -0.39 is 42.5 Å². The van der Waals surface area contributed by atoms with Crippen molar-refractivity contribution >= 4 is 41.7 Å². The van der Waals surface area contributed by atoms with Crippen LogP contribution in [-0.2, 0) is 21.6 Å². The van der Waals surface area contributed by atoms with Gasteiger partial charge in [-0.05, 0) is 36.8 Å². The number of fused-ring (bicyclic) bond motifs is 1.